The van der Waals surface area contributed by atoms with Gasteiger partial charge in [0.25, 0.3) is 5.56 Å². The fourth-order valence-corrected chi connectivity index (χ4v) is 6.63. The number of allylic oxidation sites excluding steroid dienone is 1. The number of hydrogen-bond acceptors (Lipinski definition) is 4. The lowest BCUT2D eigenvalue weighted by Crippen LogP contribution is -2.43. The van der Waals surface area contributed by atoms with Crippen LogP contribution in [0.4, 0.5) is 0 Å². The van der Waals surface area contributed by atoms with Crippen LogP contribution in [0.2, 0.25) is 0 Å². The van der Waals surface area contributed by atoms with Crippen LogP contribution in [-0.2, 0) is 29.6 Å². The third-order valence-electron chi connectivity index (χ3n) is 7.50. The van der Waals surface area contributed by atoms with Crippen LogP contribution in [0.25, 0.3) is 11.3 Å². The lowest BCUT2D eigenvalue weighted by molar-refractivity contribution is -0.118. The Kier molecular flexibility index (Phi) is 7.42. The average molecular weight is 500 g/mol. The molecule has 5 rings (SSSR count). The van der Waals surface area contributed by atoms with Crippen molar-refractivity contribution in [1.82, 2.24) is 14.9 Å². The van der Waals surface area contributed by atoms with Gasteiger partial charge in [0.1, 0.15) is 0 Å². The Bertz CT molecular complexity index is 1310. The Morgan fingerprint density at radius 2 is 1.83 bits per heavy atom. The number of carbonyl (C=O) groups is 1. The Labute approximate surface area is 217 Å². The molecule has 0 saturated heterocycles. The molecule has 2 aromatic carbocycles. The highest BCUT2D eigenvalue weighted by molar-refractivity contribution is 7.99. The first-order chi connectivity index (χ1) is 17.6. The van der Waals surface area contributed by atoms with Crippen molar-refractivity contribution in [3.05, 3.63) is 94.3 Å². The lowest BCUT2D eigenvalue weighted by atomic mass is 9.62. The molecule has 5 nitrogen and oxygen atoms in total. The van der Waals surface area contributed by atoms with Gasteiger partial charge in [-0.1, -0.05) is 91.7 Å². The number of rotatable bonds is 8. The highest BCUT2D eigenvalue weighted by atomic mass is 32.2. The smallest absolute Gasteiger partial charge is 0.258 e. The average Bonchev–Trinajstić information content (AvgIpc) is 2.90. The SMILES string of the molecule is C=CCn1c(SCC(=O)NCCc2ccccc2)nc2c(c1=O)C1(CCCCC1)Cc1ccccc1-2. The van der Waals surface area contributed by atoms with Crippen LogP contribution in [0.5, 0.6) is 0 Å². The summed E-state index contributed by atoms with van der Waals surface area (Å²) in [6, 6.07) is 18.5. The number of benzene rings is 2. The van der Waals surface area contributed by atoms with E-state index in [1.165, 1.54) is 29.3 Å². The molecule has 3 aromatic rings. The monoisotopic (exact) mass is 499 g/mol. The maximum atomic E-state index is 14.0. The molecule has 0 radical (unpaired) electrons. The summed E-state index contributed by atoms with van der Waals surface area (Å²) < 4.78 is 1.72. The van der Waals surface area contributed by atoms with Gasteiger partial charge in [-0.05, 0) is 36.8 Å². The van der Waals surface area contributed by atoms with Crippen molar-refractivity contribution in [3.8, 4) is 11.3 Å². The minimum absolute atomic E-state index is 0.0308. The quantitative estimate of drug-likeness (QED) is 0.259. The normalized spacial score (nSPS) is 15.7. The van der Waals surface area contributed by atoms with E-state index in [2.05, 4.69) is 42.2 Å². The zero-order chi connectivity index (χ0) is 25.0. The van der Waals surface area contributed by atoms with Crippen molar-refractivity contribution in [2.45, 2.75) is 62.1 Å². The maximum absolute atomic E-state index is 14.0. The molecule has 1 spiro atoms. The van der Waals surface area contributed by atoms with Gasteiger partial charge in [0.05, 0.1) is 17.0 Å². The molecular formula is C30H33N3O2S. The summed E-state index contributed by atoms with van der Waals surface area (Å²) in [4.78, 5) is 31.7. The fraction of sp³-hybridized carbons (Fsp3) is 0.367. The second-order valence-electron chi connectivity index (χ2n) is 9.87. The molecule has 2 aliphatic carbocycles. The number of hydrogen-bond donors (Lipinski definition) is 1. The zero-order valence-corrected chi connectivity index (χ0v) is 21.5. The molecule has 1 saturated carbocycles. The van der Waals surface area contributed by atoms with Crippen LogP contribution in [0.15, 0.2) is 77.2 Å². The number of amides is 1. The summed E-state index contributed by atoms with van der Waals surface area (Å²) in [5, 5.41) is 3.58. The van der Waals surface area contributed by atoms with E-state index in [9.17, 15) is 9.59 Å². The van der Waals surface area contributed by atoms with Gasteiger partial charge in [0.2, 0.25) is 5.91 Å². The third kappa shape index (κ3) is 4.92. The van der Waals surface area contributed by atoms with Crippen molar-refractivity contribution in [2.24, 2.45) is 0 Å². The molecule has 36 heavy (non-hydrogen) atoms. The molecule has 0 unspecified atom stereocenters. The molecule has 1 heterocycles. The van der Waals surface area contributed by atoms with E-state index in [1.54, 1.807) is 10.6 Å². The minimum Gasteiger partial charge on any atom is -0.355 e. The third-order valence-corrected chi connectivity index (χ3v) is 8.48. The summed E-state index contributed by atoms with van der Waals surface area (Å²) in [5.74, 6) is 0.154. The van der Waals surface area contributed by atoms with Gasteiger partial charge >= 0.3 is 0 Å². The van der Waals surface area contributed by atoms with Gasteiger partial charge in [-0.25, -0.2) is 4.98 Å². The number of thioether (sulfide) groups is 1. The summed E-state index contributed by atoms with van der Waals surface area (Å²) in [7, 11) is 0. The van der Waals surface area contributed by atoms with Crippen LogP contribution in [-0.4, -0.2) is 27.8 Å². The van der Waals surface area contributed by atoms with Crippen LogP contribution in [0, 0.1) is 0 Å². The van der Waals surface area contributed by atoms with E-state index >= 15 is 0 Å². The number of nitrogens with one attached hydrogen (secondary N) is 1. The number of aromatic nitrogens is 2. The van der Waals surface area contributed by atoms with Crippen molar-refractivity contribution in [2.75, 3.05) is 12.3 Å². The molecule has 1 N–H and O–H groups in total. The van der Waals surface area contributed by atoms with Gasteiger partial charge in [0, 0.05) is 24.1 Å². The largest absolute Gasteiger partial charge is 0.355 e. The molecule has 186 valence electrons. The van der Waals surface area contributed by atoms with Gasteiger partial charge in [-0.2, -0.15) is 0 Å². The molecular weight excluding hydrogens is 466 g/mol. The minimum atomic E-state index is -0.146. The number of fused-ring (bicyclic) bond motifs is 4. The van der Waals surface area contributed by atoms with Crippen molar-refractivity contribution < 1.29 is 4.79 Å². The van der Waals surface area contributed by atoms with Crippen LogP contribution in [0.3, 0.4) is 0 Å². The first kappa shape index (κ1) is 24.6. The summed E-state index contributed by atoms with van der Waals surface area (Å²) in [5.41, 5.74) is 5.10. The molecule has 6 heteroatoms. The van der Waals surface area contributed by atoms with Gasteiger partial charge in [-0.3, -0.25) is 14.2 Å². The highest BCUT2D eigenvalue weighted by Crippen LogP contribution is 2.48. The molecule has 0 atom stereocenters. The van der Waals surface area contributed by atoms with Crippen LogP contribution in [0.1, 0.15) is 48.8 Å². The summed E-state index contributed by atoms with van der Waals surface area (Å²) >= 11 is 1.33. The molecule has 0 bridgehead atoms. The van der Waals surface area contributed by atoms with E-state index in [-0.39, 0.29) is 22.6 Å². The Balaban J connectivity index is 1.43. The molecule has 1 fully saturated rings. The number of carbonyl (C=O) groups excluding carboxylic acids is 1. The van der Waals surface area contributed by atoms with Crippen molar-refractivity contribution in [3.63, 3.8) is 0 Å². The maximum Gasteiger partial charge on any atom is 0.258 e. The Morgan fingerprint density at radius 3 is 2.61 bits per heavy atom. The molecule has 1 amide bonds. The Hall–Kier alpha value is -3.12. The molecule has 0 aliphatic heterocycles. The van der Waals surface area contributed by atoms with Crippen LogP contribution < -0.4 is 10.9 Å². The fourth-order valence-electron chi connectivity index (χ4n) is 5.79. The van der Waals surface area contributed by atoms with Crippen molar-refractivity contribution >= 4 is 17.7 Å². The highest BCUT2D eigenvalue weighted by Gasteiger charge is 2.43. The predicted octanol–water partition coefficient (Wildman–Crippen LogP) is 5.31. The summed E-state index contributed by atoms with van der Waals surface area (Å²) in [6.07, 6.45) is 8.98. The van der Waals surface area contributed by atoms with E-state index in [0.29, 0.717) is 18.2 Å². The van der Waals surface area contributed by atoms with Gasteiger partial charge in [0.15, 0.2) is 5.16 Å². The molecule has 2 aliphatic rings. The second kappa shape index (κ2) is 10.9. The lowest BCUT2D eigenvalue weighted by Gasteiger charge is -2.42. The predicted molar refractivity (Wildman–Crippen MR) is 146 cm³/mol. The van der Waals surface area contributed by atoms with Crippen molar-refractivity contribution in [1.29, 1.82) is 0 Å². The standard InChI is InChI=1S/C30H33N3O2S/c1-2-19-33-28(35)26-27(24-14-8-7-13-23(24)20-30(26)16-9-4-10-17-30)32-29(33)36-21-25(34)31-18-15-22-11-5-3-6-12-22/h2-3,5-8,11-14H,1,4,9-10,15-21H2,(H,31,34). The molecule has 1 aromatic heterocycles. The summed E-state index contributed by atoms with van der Waals surface area (Å²) in [6.45, 7) is 4.84. The van der Waals surface area contributed by atoms with E-state index < -0.39 is 0 Å². The van der Waals surface area contributed by atoms with Crippen LogP contribution >= 0.6 is 11.8 Å². The Morgan fingerprint density at radius 1 is 1.08 bits per heavy atom. The first-order valence-electron chi connectivity index (χ1n) is 12.9. The second-order valence-corrected chi connectivity index (χ2v) is 10.8. The van der Waals surface area contributed by atoms with E-state index in [1.807, 2.05) is 24.3 Å². The van der Waals surface area contributed by atoms with Gasteiger partial charge in [-0.15, -0.1) is 6.58 Å². The topological polar surface area (TPSA) is 64.0 Å². The number of nitrogens with zero attached hydrogens (tertiary/aromatic N) is 2. The van der Waals surface area contributed by atoms with E-state index in [0.717, 1.165) is 55.3 Å². The van der Waals surface area contributed by atoms with E-state index in [4.69, 9.17) is 4.98 Å². The van der Waals surface area contributed by atoms with Gasteiger partial charge < -0.3 is 5.32 Å². The zero-order valence-electron chi connectivity index (χ0n) is 20.7. The first-order valence-corrected chi connectivity index (χ1v) is 13.9.